The standard InChI is InChI=1S/C18H27N3O2/c1-13-6-8-15(9-7-13)18(23)21-10-4-5-16(12-21)17(22)20(3)14(2)11-19/h6-9,14,16H,4-5,10-12,19H2,1-3H3. The van der Waals surface area contributed by atoms with Gasteiger partial charge in [-0.3, -0.25) is 9.59 Å². The van der Waals surface area contributed by atoms with Crippen molar-refractivity contribution in [1.82, 2.24) is 9.80 Å². The van der Waals surface area contributed by atoms with Gasteiger partial charge in [-0.1, -0.05) is 17.7 Å². The number of hydrogen-bond acceptors (Lipinski definition) is 3. The maximum atomic E-state index is 12.6. The number of likely N-dealkylation sites (N-methyl/N-ethyl adjacent to an activating group) is 1. The van der Waals surface area contributed by atoms with Gasteiger partial charge in [-0.05, 0) is 38.8 Å². The van der Waals surface area contributed by atoms with Crippen LogP contribution >= 0.6 is 0 Å². The Labute approximate surface area is 138 Å². The van der Waals surface area contributed by atoms with Gasteiger partial charge in [-0.15, -0.1) is 0 Å². The highest BCUT2D eigenvalue weighted by atomic mass is 16.2. The Bertz CT molecular complexity index is 556. The average Bonchev–Trinajstić information content (AvgIpc) is 2.59. The lowest BCUT2D eigenvalue weighted by atomic mass is 9.95. The first-order chi connectivity index (χ1) is 10.9. The van der Waals surface area contributed by atoms with E-state index in [1.165, 1.54) is 0 Å². The van der Waals surface area contributed by atoms with Gasteiger partial charge in [-0.25, -0.2) is 0 Å². The Morgan fingerprint density at radius 1 is 1.35 bits per heavy atom. The van der Waals surface area contributed by atoms with Gasteiger partial charge in [0.2, 0.25) is 5.91 Å². The molecule has 126 valence electrons. The third-order valence-electron chi connectivity index (χ3n) is 4.71. The summed E-state index contributed by atoms with van der Waals surface area (Å²) in [5.74, 6) is -0.0291. The van der Waals surface area contributed by atoms with Crippen molar-refractivity contribution in [2.75, 3.05) is 26.7 Å². The second-order valence-electron chi connectivity index (χ2n) is 6.49. The van der Waals surface area contributed by atoms with Crippen LogP contribution in [0.2, 0.25) is 0 Å². The summed E-state index contributed by atoms with van der Waals surface area (Å²) in [6, 6.07) is 7.61. The third kappa shape index (κ3) is 4.10. The highest BCUT2D eigenvalue weighted by molar-refractivity contribution is 5.94. The molecule has 0 saturated carbocycles. The van der Waals surface area contributed by atoms with Gasteiger partial charge in [0, 0.05) is 38.3 Å². The van der Waals surface area contributed by atoms with Crippen molar-refractivity contribution < 1.29 is 9.59 Å². The van der Waals surface area contributed by atoms with Gasteiger partial charge in [0.25, 0.3) is 5.91 Å². The minimum Gasteiger partial charge on any atom is -0.341 e. The van der Waals surface area contributed by atoms with E-state index in [4.69, 9.17) is 5.73 Å². The van der Waals surface area contributed by atoms with Gasteiger partial charge in [-0.2, -0.15) is 0 Å². The lowest BCUT2D eigenvalue weighted by Gasteiger charge is -2.35. The van der Waals surface area contributed by atoms with Crippen LogP contribution in [0, 0.1) is 12.8 Å². The Morgan fingerprint density at radius 3 is 2.61 bits per heavy atom. The van der Waals surface area contributed by atoms with Crippen molar-refractivity contribution in [3.05, 3.63) is 35.4 Å². The molecule has 2 N–H and O–H groups in total. The van der Waals surface area contributed by atoms with Crippen molar-refractivity contribution in [2.24, 2.45) is 11.7 Å². The van der Waals surface area contributed by atoms with E-state index in [-0.39, 0.29) is 23.8 Å². The van der Waals surface area contributed by atoms with Gasteiger partial charge in [0.1, 0.15) is 0 Å². The van der Waals surface area contributed by atoms with Gasteiger partial charge in [0.15, 0.2) is 0 Å². The topological polar surface area (TPSA) is 66.6 Å². The highest BCUT2D eigenvalue weighted by Crippen LogP contribution is 2.21. The van der Waals surface area contributed by atoms with Crippen molar-refractivity contribution in [3.8, 4) is 0 Å². The molecule has 1 aromatic rings. The van der Waals surface area contributed by atoms with Crippen LogP contribution in [0.1, 0.15) is 35.7 Å². The van der Waals surface area contributed by atoms with Crippen LogP contribution in [0.25, 0.3) is 0 Å². The van der Waals surface area contributed by atoms with Crippen LogP contribution in [-0.4, -0.2) is 54.3 Å². The molecule has 1 fully saturated rings. The fourth-order valence-corrected chi connectivity index (χ4v) is 2.91. The van der Waals surface area contributed by atoms with Gasteiger partial charge < -0.3 is 15.5 Å². The molecule has 0 aromatic heterocycles. The molecule has 5 heteroatoms. The van der Waals surface area contributed by atoms with E-state index in [2.05, 4.69) is 0 Å². The Morgan fingerprint density at radius 2 is 2.00 bits per heavy atom. The molecule has 0 bridgehead atoms. The van der Waals surface area contributed by atoms with Crippen LogP contribution in [0.5, 0.6) is 0 Å². The van der Waals surface area contributed by atoms with Crippen molar-refractivity contribution >= 4 is 11.8 Å². The molecule has 1 saturated heterocycles. The van der Waals surface area contributed by atoms with Crippen LogP contribution < -0.4 is 5.73 Å². The minimum absolute atomic E-state index is 0.0111. The van der Waals surface area contributed by atoms with E-state index in [9.17, 15) is 9.59 Å². The lowest BCUT2D eigenvalue weighted by molar-refractivity contribution is -0.137. The van der Waals surface area contributed by atoms with Gasteiger partial charge in [0.05, 0.1) is 5.92 Å². The van der Waals surface area contributed by atoms with E-state index in [0.717, 1.165) is 18.4 Å². The predicted molar refractivity (Wildman–Crippen MR) is 91.1 cm³/mol. The number of piperidine rings is 1. The predicted octanol–water partition coefficient (Wildman–Crippen LogP) is 1.65. The molecular weight excluding hydrogens is 290 g/mol. The zero-order valence-electron chi connectivity index (χ0n) is 14.3. The second-order valence-corrected chi connectivity index (χ2v) is 6.49. The number of rotatable bonds is 4. The van der Waals surface area contributed by atoms with E-state index < -0.39 is 0 Å². The average molecular weight is 317 g/mol. The van der Waals surface area contributed by atoms with Crippen molar-refractivity contribution in [1.29, 1.82) is 0 Å². The van der Waals surface area contributed by atoms with Crippen molar-refractivity contribution in [2.45, 2.75) is 32.7 Å². The zero-order chi connectivity index (χ0) is 17.0. The van der Waals surface area contributed by atoms with Crippen LogP contribution in [0.4, 0.5) is 0 Å². The molecule has 2 rings (SSSR count). The monoisotopic (exact) mass is 317 g/mol. The minimum atomic E-state index is -0.128. The maximum Gasteiger partial charge on any atom is 0.253 e. The van der Waals surface area contributed by atoms with E-state index in [0.29, 0.717) is 25.2 Å². The molecule has 2 atom stereocenters. The molecule has 2 amide bonds. The van der Waals surface area contributed by atoms with E-state index in [1.54, 1.807) is 16.8 Å². The van der Waals surface area contributed by atoms with E-state index >= 15 is 0 Å². The number of likely N-dealkylation sites (tertiary alicyclic amines) is 1. The largest absolute Gasteiger partial charge is 0.341 e. The molecule has 5 nitrogen and oxygen atoms in total. The first-order valence-corrected chi connectivity index (χ1v) is 8.26. The number of nitrogens with two attached hydrogens (primary N) is 1. The summed E-state index contributed by atoms with van der Waals surface area (Å²) < 4.78 is 0. The van der Waals surface area contributed by atoms with Crippen LogP contribution in [0.15, 0.2) is 24.3 Å². The second kappa shape index (κ2) is 7.59. The lowest BCUT2D eigenvalue weighted by Crippen LogP contribution is -2.49. The van der Waals surface area contributed by atoms with Crippen molar-refractivity contribution in [3.63, 3.8) is 0 Å². The molecule has 1 heterocycles. The molecular formula is C18H27N3O2. The number of aryl methyl sites for hydroxylation is 1. The summed E-state index contributed by atoms with van der Waals surface area (Å²) in [5, 5.41) is 0. The Balaban J connectivity index is 2.04. The molecule has 2 unspecified atom stereocenters. The molecule has 0 aliphatic carbocycles. The summed E-state index contributed by atoms with van der Waals surface area (Å²) >= 11 is 0. The molecule has 23 heavy (non-hydrogen) atoms. The fraction of sp³-hybridized carbons (Fsp3) is 0.556. The number of carbonyl (C=O) groups excluding carboxylic acids is 2. The molecule has 1 aromatic carbocycles. The smallest absolute Gasteiger partial charge is 0.253 e. The van der Waals surface area contributed by atoms with Crippen LogP contribution in [-0.2, 0) is 4.79 Å². The third-order valence-corrected chi connectivity index (χ3v) is 4.71. The zero-order valence-corrected chi connectivity index (χ0v) is 14.3. The number of hydrogen-bond donors (Lipinski definition) is 1. The summed E-state index contributed by atoms with van der Waals surface area (Å²) in [4.78, 5) is 28.7. The first kappa shape index (κ1) is 17.5. The summed E-state index contributed by atoms with van der Waals surface area (Å²) in [5.41, 5.74) is 7.46. The quantitative estimate of drug-likeness (QED) is 0.918. The maximum absolute atomic E-state index is 12.6. The normalized spacial score (nSPS) is 19.3. The highest BCUT2D eigenvalue weighted by Gasteiger charge is 2.31. The molecule has 0 radical (unpaired) electrons. The molecule has 0 spiro atoms. The number of carbonyl (C=O) groups is 2. The Hall–Kier alpha value is -1.88. The van der Waals surface area contributed by atoms with Crippen LogP contribution in [0.3, 0.4) is 0 Å². The first-order valence-electron chi connectivity index (χ1n) is 8.26. The fourth-order valence-electron chi connectivity index (χ4n) is 2.91. The van der Waals surface area contributed by atoms with E-state index in [1.807, 2.05) is 38.1 Å². The number of benzene rings is 1. The van der Waals surface area contributed by atoms with Gasteiger partial charge >= 0.3 is 0 Å². The SMILES string of the molecule is Cc1ccc(C(=O)N2CCCC(C(=O)N(C)C(C)CN)C2)cc1. The summed E-state index contributed by atoms with van der Waals surface area (Å²) in [6.07, 6.45) is 1.69. The summed E-state index contributed by atoms with van der Waals surface area (Å²) in [7, 11) is 1.79. The summed E-state index contributed by atoms with van der Waals surface area (Å²) in [6.45, 7) is 5.59. The molecule has 1 aliphatic heterocycles. The Kier molecular flexibility index (Phi) is 5.77. The number of nitrogens with zero attached hydrogens (tertiary/aromatic N) is 2. The number of amides is 2. The molecule has 1 aliphatic rings.